The minimum Gasteiger partial charge on any atom is -0.504 e. The molecule has 0 saturated heterocycles. The highest BCUT2D eigenvalue weighted by atomic mass is 16.3. The van der Waals surface area contributed by atoms with Gasteiger partial charge in [-0.05, 0) is 43.5 Å². The van der Waals surface area contributed by atoms with Gasteiger partial charge < -0.3 is 10.2 Å². The highest BCUT2D eigenvalue weighted by molar-refractivity contribution is 5.78. The minimum atomic E-state index is -0.0652. The van der Waals surface area contributed by atoms with Crippen molar-refractivity contribution in [1.82, 2.24) is 0 Å². The van der Waals surface area contributed by atoms with E-state index in [0.717, 1.165) is 22.3 Å². The number of benzene rings is 2. The van der Waals surface area contributed by atoms with Crippen LogP contribution in [0.5, 0.6) is 11.5 Å². The number of rotatable bonds is 1. The van der Waals surface area contributed by atoms with Gasteiger partial charge in [0.15, 0.2) is 11.5 Å². The second-order valence-corrected chi connectivity index (χ2v) is 4.43. The molecule has 2 heteroatoms. The van der Waals surface area contributed by atoms with E-state index < -0.39 is 0 Å². The minimum absolute atomic E-state index is 0.0429. The molecule has 2 rings (SSSR count). The predicted octanol–water partition coefficient (Wildman–Crippen LogP) is 3.69. The number of hydrogen-bond acceptors (Lipinski definition) is 2. The van der Waals surface area contributed by atoms with E-state index in [1.807, 2.05) is 45.0 Å². The Balaban J connectivity index is 2.75. The largest absolute Gasteiger partial charge is 0.504 e. The van der Waals surface area contributed by atoms with Gasteiger partial charge in [-0.2, -0.15) is 0 Å². The molecule has 0 atom stereocenters. The first kappa shape index (κ1) is 11.5. The van der Waals surface area contributed by atoms with Crippen molar-refractivity contribution in [2.45, 2.75) is 20.8 Å². The summed E-state index contributed by atoms with van der Waals surface area (Å²) < 4.78 is 0. The molecular formula is C15H16O2. The molecule has 0 aliphatic heterocycles. The van der Waals surface area contributed by atoms with Crippen LogP contribution < -0.4 is 0 Å². The molecule has 0 aromatic heterocycles. The SMILES string of the molecule is Cc1cccc(-c2c(C)c(C)cc(O)c2O)c1. The summed E-state index contributed by atoms with van der Waals surface area (Å²) in [6, 6.07) is 9.48. The van der Waals surface area contributed by atoms with Crippen molar-refractivity contribution in [3.05, 3.63) is 47.0 Å². The zero-order valence-electron chi connectivity index (χ0n) is 10.3. The maximum atomic E-state index is 10.00. The summed E-state index contributed by atoms with van der Waals surface area (Å²) in [7, 11) is 0. The molecule has 2 aromatic rings. The quantitative estimate of drug-likeness (QED) is 0.731. The average Bonchev–Trinajstić information content (AvgIpc) is 2.27. The molecule has 2 N–H and O–H groups in total. The lowest BCUT2D eigenvalue weighted by atomic mass is 9.94. The van der Waals surface area contributed by atoms with Crippen molar-refractivity contribution in [3.63, 3.8) is 0 Å². The van der Waals surface area contributed by atoms with Crippen LogP contribution in [0.2, 0.25) is 0 Å². The summed E-state index contributed by atoms with van der Waals surface area (Å²) in [5.41, 5.74) is 4.73. The van der Waals surface area contributed by atoms with Crippen LogP contribution in [-0.4, -0.2) is 10.2 Å². The monoisotopic (exact) mass is 228 g/mol. The van der Waals surface area contributed by atoms with Crippen molar-refractivity contribution in [2.75, 3.05) is 0 Å². The third kappa shape index (κ3) is 1.98. The van der Waals surface area contributed by atoms with Crippen molar-refractivity contribution in [3.8, 4) is 22.6 Å². The maximum absolute atomic E-state index is 10.00. The average molecular weight is 228 g/mol. The van der Waals surface area contributed by atoms with Gasteiger partial charge in [0.2, 0.25) is 0 Å². The number of aryl methyl sites for hydroxylation is 2. The van der Waals surface area contributed by atoms with Gasteiger partial charge in [0, 0.05) is 5.56 Å². The first-order valence-corrected chi connectivity index (χ1v) is 5.60. The van der Waals surface area contributed by atoms with E-state index in [2.05, 4.69) is 0 Å². The lowest BCUT2D eigenvalue weighted by Gasteiger charge is -2.13. The molecule has 0 spiro atoms. The van der Waals surface area contributed by atoms with Gasteiger partial charge in [-0.25, -0.2) is 0 Å². The summed E-state index contributed by atoms with van der Waals surface area (Å²) in [6.07, 6.45) is 0. The van der Waals surface area contributed by atoms with E-state index in [1.165, 1.54) is 0 Å². The van der Waals surface area contributed by atoms with Crippen LogP contribution in [0.15, 0.2) is 30.3 Å². The van der Waals surface area contributed by atoms with Crippen LogP contribution in [0, 0.1) is 20.8 Å². The van der Waals surface area contributed by atoms with Crippen molar-refractivity contribution < 1.29 is 10.2 Å². The Labute approximate surface area is 101 Å². The highest BCUT2D eigenvalue weighted by Crippen LogP contribution is 2.40. The first-order chi connectivity index (χ1) is 8.00. The summed E-state index contributed by atoms with van der Waals surface area (Å²) >= 11 is 0. The topological polar surface area (TPSA) is 40.5 Å². The van der Waals surface area contributed by atoms with E-state index in [4.69, 9.17) is 0 Å². The van der Waals surface area contributed by atoms with E-state index in [0.29, 0.717) is 5.56 Å². The second-order valence-electron chi connectivity index (χ2n) is 4.43. The summed E-state index contributed by atoms with van der Waals surface area (Å²) in [6.45, 7) is 5.88. The van der Waals surface area contributed by atoms with E-state index >= 15 is 0 Å². The fraction of sp³-hybridized carbons (Fsp3) is 0.200. The van der Waals surface area contributed by atoms with Crippen molar-refractivity contribution >= 4 is 0 Å². The number of aromatic hydroxyl groups is 2. The molecule has 17 heavy (non-hydrogen) atoms. The van der Waals surface area contributed by atoms with Crippen LogP contribution in [-0.2, 0) is 0 Å². The second kappa shape index (κ2) is 4.13. The van der Waals surface area contributed by atoms with Crippen molar-refractivity contribution in [1.29, 1.82) is 0 Å². The standard InChI is InChI=1S/C15H16O2/c1-9-5-4-6-12(7-9)14-11(3)10(2)8-13(16)15(14)17/h4-8,16-17H,1-3H3. The third-order valence-corrected chi connectivity index (χ3v) is 3.11. The first-order valence-electron chi connectivity index (χ1n) is 5.60. The van der Waals surface area contributed by atoms with Gasteiger partial charge in [-0.1, -0.05) is 29.8 Å². The molecule has 0 bridgehead atoms. The Morgan fingerprint density at radius 1 is 0.941 bits per heavy atom. The maximum Gasteiger partial charge on any atom is 0.165 e. The lowest BCUT2D eigenvalue weighted by Crippen LogP contribution is -1.89. The van der Waals surface area contributed by atoms with E-state index in [9.17, 15) is 10.2 Å². The molecule has 0 amide bonds. The summed E-state index contributed by atoms with van der Waals surface area (Å²) in [5, 5.41) is 19.7. The molecule has 0 heterocycles. The smallest absolute Gasteiger partial charge is 0.165 e. The molecule has 0 saturated carbocycles. The van der Waals surface area contributed by atoms with Crippen LogP contribution in [0.3, 0.4) is 0 Å². The summed E-state index contributed by atoms with van der Waals surface area (Å²) in [5.74, 6) is -0.108. The van der Waals surface area contributed by atoms with Crippen LogP contribution >= 0.6 is 0 Å². The Morgan fingerprint density at radius 2 is 1.65 bits per heavy atom. The third-order valence-electron chi connectivity index (χ3n) is 3.11. The molecule has 0 aliphatic rings. The van der Waals surface area contributed by atoms with Gasteiger partial charge in [0.25, 0.3) is 0 Å². The molecule has 2 aromatic carbocycles. The normalized spacial score (nSPS) is 10.5. The fourth-order valence-corrected chi connectivity index (χ4v) is 2.04. The molecule has 0 radical (unpaired) electrons. The zero-order valence-corrected chi connectivity index (χ0v) is 10.3. The van der Waals surface area contributed by atoms with Crippen LogP contribution in [0.1, 0.15) is 16.7 Å². The zero-order chi connectivity index (χ0) is 12.6. The predicted molar refractivity (Wildman–Crippen MR) is 69.4 cm³/mol. The van der Waals surface area contributed by atoms with Crippen molar-refractivity contribution in [2.24, 2.45) is 0 Å². The fourth-order valence-electron chi connectivity index (χ4n) is 2.04. The Kier molecular flexibility index (Phi) is 2.80. The molecule has 0 unspecified atom stereocenters. The van der Waals surface area contributed by atoms with E-state index in [-0.39, 0.29) is 11.5 Å². The van der Waals surface area contributed by atoms with Gasteiger partial charge in [-0.15, -0.1) is 0 Å². The Hall–Kier alpha value is -1.96. The molecule has 0 aliphatic carbocycles. The van der Waals surface area contributed by atoms with Crippen LogP contribution in [0.25, 0.3) is 11.1 Å². The van der Waals surface area contributed by atoms with Gasteiger partial charge in [0.1, 0.15) is 0 Å². The number of hydrogen-bond donors (Lipinski definition) is 2. The van der Waals surface area contributed by atoms with Crippen LogP contribution in [0.4, 0.5) is 0 Å². The van der Waals surface area contributed by atoms with Gasteiger partial charge in [-0.3, -0.25) is 0 Å². The Morgan fingerprint density at radius 3 is 2.29 bits per heavy atom. The molecular weight excluding hydrogens is 212 g/mol. The van der Waals surface area contributed by atoms with Gasteiger partial charge >= 0.3 is 0 Å². The Bertz CT molecular complexity index is 545. The molecule has 2 nitrogen and oxygen atoms in total. The summed E-state index contributed by atoms with van der Waals surface area (Å²) in [4.78, 5) is 0. The van der Waals surface area contributed by atoms with Gasteiger partial charge in [0.05, 0.1) is 0 Å². The molecule has 88 valence electrons. The highest BCUT2D eigenvalue weighted by Gasteiger charge is 2.14. The number of phenols is 2. The lowest BCUT2D eigenvalue weighted by molar-refractivity contribution is 0.404. The number of phenolic OH excluding ortho intramolecular Hbond substituents is 2. The van der Waals surface area contributed by atoms with E-state index in [1.54, 1.807) is 6.07 Å². The molecule has 0 fully saturated rings.